The van der Waals surface area contributed by atoms with Crippen LogP contribution in [0.15, 0.2) is 12.5 Å². The molecule has 2 aromatic heterocycles. The molecule has 0 saturated carbocycles. The first-order chi connectivity index (χ1) is 9.08. The first kappa shape index (κ1) is 13.2. The van der Waals surface area contributed by atoms with E-state index in [4.69, 9.17) is 5.11 Å². The minimum atomic E-state index is -1.19. The number of carbonyl (C=O) groups is 2. The van der Waals surface area contributed by atoms with Crippen molar-refractivity contribution in [3.8, 4) is 0 Å². The van der Waals surface area contributed by atoms with Gasteiger partial charge in [0.25, 0.3) is 0 Å². The van der Waals surface area contributed by atoms with E-state index in [1.54, 1.807) is 12.5 Å². The van der Waals surface area contributed by atoms with E-state index in [-0.39, 0.29) is 16.4 Å². The van der Waals surface area contributed by atoms with Crippen LogP contribution in [-0.2, 0) is 6.42 Å². The highest BCUT2D eigenvalue weighted by atomic mass is 32.1. The quantitative estimate of drug-likeness (QED) is 0.691. The molecule has 0 bridgehead atoms. The number of carboxylic acid groups (broad SMARTS) is 1. The van der Waals surface area contributed by atoms with Crippen LogP contribution in [-0.4, -0.2) is 38.4 Å². The molecule has 100 valence electrons. The zero-order valence-corrected chi connectivity index (χ0v) is 11.0. The van der Waals surface area contributed by atoms with Crippen molar-refractivity contribution in [3.05, 3.63) is 28.8 Å². The van der Waals surface area contributed by atoms with Gasteiger partial charge in [0.2, 0.25) is 0 Å². The van der Waals surface area contributed by atoms with Gasteiger partial charge in [0.05, 0.1) is 6.33 Å². The van der Waals surface area contributed by atoms with Crippen LogP contribution < -0.4 is 5.32 Å². The summed E-state index contributed by atoms with van der Waals surface area (Å²) in [5.41, 5.74) is 0.774. The molecule has 0 atom stereocenters. The minimum absolute atomic E-state index is 0.163. The SMILES string of the molecule is CC(=O)c1sc(NCCc2cnc[nH]2)nc1C(=O)O. The Bertz CT molecular complexity index is 560. The number of aromatic nitrogens is 3. The Morgan fingerprint density at radius 1 is 1.53 bits per heavy atom. The van der Waals surface area contributed by atoms with Crippen molar-refractivity contribution in [2.24, 2.45) is 0 Å². The first-order valence-electron chi connectivity index (χ1n) is 5.54. The molecule has 0 unspecified atom stereocenters. The normalized spacial score (nSPS) is 10.4. The van der Waals surface area contributed by atoms with E-state index in [0.717, 1.165) is 17.0 Å². The number of nitrogens with zero attached hydrogens (tertiary/aromatic N) is 2. The van der Waals surface area contributed by atoms with E-state index in [1.807, 2.05) is 0 Å². The second-order valence-electron chi connectivity index (χ2n) is 3.81. The third kappa shape index (κ3) is 3.16. The molecule has 0 spiro atoms. The summed E-state index contributed by atoms with van der Waals surface area (Å²) in [7, 11) is 0. The fourth-order valence-corrected chi connectivity index (χ4v) is 2.38. The topological polar surface area (TPSA) is 108 Å². The Hall–Kier alpha value is -2.22. The standard InChI is InChI=1S/C11H12N4O3S/c1-6(16)9-8(10(17)18)15-11(19-9)13-3-2-7-4-12-5-14-7/h4-5H,2-3H2,1H3,(H,12,14)(H,13,15)(H,17,18). The van der Waals surface area contributed by atoms with Crippen molar-refractivity contribution >= 4 is 28.2 Å². The van der Waals surface area contributed by atoms with Crippen molar-refractivity contribution in [1.82, 2.24) is 15.0 Å². The van der Waals surface area contributed by atoms with Gasteiger partial charge in [-0.2, -0.15) is 0 Å². The number of carbonyl (C=O) groups excluding carboxylic acids is 1. The van der Waals surface area contributed by atoms with Crippen molar-refractivity contribution in [2.45, 2.75) is 13.3 Å². The zero-order chi connectivity index (χ0) is 13.8. The molecule has 0 saturated heterocycles. The van der Waals surface area contributed by atoms with Gasteiger partial charge in [0.15, 0.2) is 16.6 Å². The third-order valence-corrected chi connectivity index (χ3v) is 3.49. The number of hydrogen-bond donors (Lipinski definition) is 3. The molecule has 0 aliphatic heterocycles. The summed E-state index contributed by atoms with van der Waals surface area (Å²) in [6.07, 6.45) is 4.01. The molecule has 7 nitrogen and oxygen atoms in total. The number of aromatic amines is 1. The average Bonchev–Trinajstić information content (AvgIpc) is 2.97. The molecule has 0 aromatic carbocycles. The van der Waals surface area contributed by atoms with Crippen LogP contribution in [0.5, 0.6) is 0 Å². The lowest BCUT2D eigenvalue weighted by Crippen LogP contribution is -2.06. The highest BCUT2D eigenvalue weighted by molar-refractivity contribution is 7.17. The predicted octanol–water partition coefficient (Wildman–Crippen LogP) is 1.42. The Labute approximate surface area is 112 Å². The molecule has 2 aromatic rings. The number of Topliss-reactive ketones (excluding diaryl/α,β-unsaturated/α-hetero) is 1. The number of carboxylic acids is 1. The molecule has 3 N–H and O–H groups in total. The molecular weight excluding hydrogens is 268 g/mol. The minimum Gasteiger partial charge on any atom is -0.476 e. The number of aromatic carboxylic acids is 1. The van der Waals surface area contributed by atoms with E-state index in [2.05, 4.69) is 20.3 Å². The summed E-state index contributed by atoms with van der Waals surface area (Å²) >= 11 is 1.05. The van der Waals surface area contributed by atoms with Gasteiger partial charge < -0.3 is 15.4 Å². The fourth-order valence-electron chi connectivity index (χ4n) is 1.50. The van der Waals surface area contributed by atoms with Crippen LogP contribution in [0, 0.1) is 0 Å². The zero-order valence-electron chi connectivity index (χ0n) is 10.1. The van der Waals surface area contributed by atoms with Gasteiger partial charge in [-0.25, -0.2) is 14.8 Å². The van der Waals surface area contributed by atoms with Crippen molar-refractivity contribution < 1.29 is 14.7 Å². The molecule has 0 aliphatic rings. The van der Waals surface area contributed by atoms with Gasteiger partial charge in [-0.05, 0) is 0 Å². The Kier molecular flexibility index (Phi) is 3.91. The number of H-pyrrole nitrogens is 1. The molecule has 0 aliphatic carbocycles. The number of thiazole rings is 1. The van der Waals surface area contributed by atoms with Gasteiger partial charge >= 0.3 is 5.97 Å². The maximum absolute atomic E-state index is 11.3. The van der Waals surface area contributed by atoms with Gasteiger partial charge in [0.1, 0.15) is 4.88 Å². The van der Waals surface area contributed by atoms with Gasteiger partial charge in [-0.1, -0.05) is 11.3 Å². The third-order valence-electron chi connectivity index (χ3n) is 2.37. The smallest absolute Gasteiger partial charge is 0.356 e. The van der Waals surface area contributed by atoms with Crippen LogP contribution in [0.2, 0.25) is 0 Å². The number of anilines is 1. The lowest BCUT2D eigenvalue weighted by Gasteiger charge is -1.99. The highest BCUT2D eigenvalue weighted by Gasteiger charge is 2.20. The van der Waals surface area contributed by atoms with Crippen molar-refractivity contribution in [2.75, 3.05) is 11.9 Å². The van der Waals surface area contributed by atoms with E-state index in [9.17, 15) is 9.59 Å². The molecule has 2 rings (SSSR count). The predicted molar refractivity (Wildman–Crippen MR) is 69.9 cm³/mol. The molecular formula is C11H12N4O3S. The van der Waals surface area contributed by atoms with Crippen LogP contribution in [0.25, 0.3) is 0 Å². The lowest BCUT2D eigenvalue weighted by molar-refractivity contribution is 0.0687. The largest absolute Gasteiger partial charge is 0.476 e. The maximum atomic E-state index is 11.3. The summed E-state index contributed by atoms with van der Waals surface area (Å²) in [6.45, 7) is 1.90. The lowest BCUT2D eigenvalue weighted by atomic mass is 10.3. The molecule has 0 fully saturated rings. The van der Waals surface area contributed by atoms with Gasteiger partial charge in [-0.15, -0.1) is 0 Å². The summed E-state index contributed by atoms with van der Waals surface area (Å²) in [6, 6.07) is 0. The van der Waals surface area contributed by atoms with E-state index in [1.165, 1.54) is 6.92 Å². The number of imidazole rings is 1. The van der Waals surface area contributed by atoms with Crippen LogP contribution >= 0.6 is 11.3 Å². The number of hydrogen-bond acceptors (Lipinski definition) is 6. The monoisotopic (exact) mass is 280 g/mol. The summed E-state index contributed by atoms with van der Waals surface area (Å²) < 4.78 is 0. The number of rotatable bonds is 6. The molecule has 0 radical (unpaired) electrons. The Balaban J connectivity index is 2.02. The molecule has 0 amide bonds. The Morgan fingerprint density at radius 3 is 2.84 bits per heavy atom. The summed E-state index contributed by atoms with van der Waals surface area (Å²) in [5, 5.41) is 12.4. The van der Waals surface area contributed by atoms with E-state index in [0.29, 0.717) is 18.1 Å². The van der Waals surface area contributed by atoms with E-state index < -0.39 is 5.97 Å². The number of nitrogens with one attached hydrogen (secondary N) is 2. The first-order valence-corrected chi connectivity index (χ1v) is 6.35. The summed E-state index contributed by atoms with van der Waals surface area (Å²) in [5.74, 6) is -1.49. The van der Waals surface area contributed by atoms with Gasteiger partial charge in [-0.3, -0.25) is 4.79 Å². The maximum Gasteiger partial charge on any atom is 0.356 e. The molecule has 8 heteroatoms. The Morgan fingerprint density at radius 2 is 2.32 bits per heavy atom. The second kappa shape index (κ2) is 5.61. The average molecular weight is 280 g/mol. The van der Waals surface area contributed by atoms with Crippen LogP contribution in [0.4, 0.5) is 5.13 Å². The van der Waals surface area contributed by atoms with Crippen molar-refractivity contribution in [3.63, 3.8) is 0 Å². The highest BCUT2D eigenvalue weighted by Crippen LogP contribution is 2.23. The van der Waals surface area contributed by atoms with Crippen LogP contribution in [0.3, 0.4) is 0 Å². The van der Waals surface area contributed by atoms with Crippen molar-refractivity contribution in [1.29, 1.82) is 0 Å². The van der Waals surface area contributed by atoms with Gasteiger partial charge in [0, 0.05) is 31.8 Å². The van der Waals surface area contributed by atoms with E-state index >= 15 is 0 Å². The summed E-state index contributed by atoms with van der Waals surface area (Å²) in [4.78, 5) is 33.2. The molecule has 2 heterocycles. The number of ketones is 1. The van der Waals surface area contributed by atoms with Crippen LogP contribution in [0.1, 0.15) is 32.8 Å². The molecule has 19 heavy (non-hydrogen) atoms. The second-order valence-corrected chi connectivity index (χ2v) is 4.81. The fraction of sp³-hybridized carbons (Fsp3) is 0.273.